The fourth-order valence-electron chi connectivity index (χ4n) is 4.60. The number of amides is 1. The van der Waals surface area contributed by atoms with E-state index in [1.54, 1.807) is 12.0 Å². The maximum atomic E-state index is 12.6. The van der Waals surface area contributed by atoms with Gasteiger partial charge in [0.2, 0.25) is 5.91 Å². The van der Waals surface area contributed by atoms with E-state index in [4.69, 9.17) is 17.0 Å². The third kappa shape index (κ3) is 8.39. The van der Waals surface area contributed by atoms with E-state index in [-0.39, 0.29) is 11.7 Å². The van der Waals surface area contributed by atoms with Gasteiger partial charge in [-0.05, 0) is 92.0 Å². The van der Waals surface area contributed by atoms with Gasteiger partial charge in [-0.25, -0.2) is 9.67 Å². The normalized spacial score (nSPS) is 14.2. The smallest absolute Gasteiger partial charge is 0.497 e. The molecular formula is C31H29F3N6O3S2. The van der Waals surface area contributed by atoms with Crippen molar-refractivity contribution >= 4 is 45.9 Å². The Balaban J connectivity index is 1.08. The van der Waals surface area contributed by atoms with Crippen molar-refractivity contribution in [1.29, 1.82) is 0 Å². The Bertz CT molecular complexity index is 1690. The maximum Gasteiger partial charge on any atom is 0.573 e. The average Bonchev–Trinajstić information content (AvgIpc) is 3.64. The van der Waals surface area contributed by atoms with Crippen LogP contribution >= 0.6 is 24.0 Å². The highest BCUT2D eigenvalue weighted by Gasteiger charge is 2.32. The Morgan fingerprint density at radius 3 is 2.49 bits per heavy atom. The molecule has 14 heteroatoms. The number of nitrogens with zero attached hydrogens (tertiary/aromatic N) is 5. The number of nitrogens with one attached hydrogen (secondary N) is 1. The molecule has 9 nitrogen and oxygen atoms in total. The zero-order valence-corrected chi connectivity index (χ0v) is 26.0. The third-order valence-electron chi connectivity index (χ3n) is 6.81. The highest BCUT2D eigenvalue weighted by atomic mass is 32.2. The molecule has 0 unspecified atom stereocenters. The minimum atomic E-state index is -4.74. The van der Waals surface area contributed by atoms with Crippen LogP contribution in [-0.4, -0.2) is 56.7 Å². The predicted molar refractivity (Wildman–Crippen MR) is 172 cm³/mol. The van der Waals surface area contributed by atoms with E-state index in [0.29, 0.717) is 34.1 Å². The van der Waals surface area contributed by atoms with E-state index in [9.17, 15) is 18.0 Å². The van der Waals surface area contributed by atoms with E-state index >= 15 is 0 Å². The molecule has 0 aliphatic carbocycles. The van der Waals surface area contributed by atoms with Gasteiger partial charge in [0.25, 0.3) is 0 Å². The van der Waals surface area contributed by atoms with Crippen LogP contribution in [0.1, 0.15) is 24.0 Å². The molecule has 1 aromatic heterocycles. The summed E-state index contributed by atoms with van der Waals surface area (Å²) < 4.78 is 47.9. The van der Waals surface area contributed by atoms with Gasteiger partial charge in [-0.2, -0.15) is 4.99 Å². The number of ether oxygens (including phenoxy) is 2. The molecule has 0 radical (unpaired) electrons. The lowest BCUT2D eigenvalue weighted by molar-refractivity contribution is -0.274. The quantitative estimate of drug-likeness (QED) is 0.153. The maximum absolute atomic E-state index is 12.6. The number of amidine groups is 1. The van der Waals surface area contributed by atoms with Crippen molar-refractivity contribution in [3.8, 4) is 28.6 Å². The number of hydrogen-bond donors (Lipinski definition) is 1. The molecule has 1 amide bonds. The number of halogens is 3. The molecule has 2 heterocycles. The molecular weight excluding hydrogens is 626 g/mol. The van der Waals surface area contributed by atoms with Gasteiger partial charge in [0.05, 0.1) is 24.2 Å². The van der Waals surface area contributed by atoms with Crippen LogP contribution in [0, 0.1) is 6.92 Å². The van der Waals surface area contributed by atoms with Crippen molar-refractivity contribution in [1.82, 2.24) is 20.1 Å². The van der Waals surface area contributed by atoms with Crippen LogP contribution in [0.5, 0.6) is 11.5 Å². The Hall–Kier alpha value is -4.43. The van der Waals surface area contributed by atoms with Crippen LogP contribution in [0.4, 0.5) is 18.9 Å². The number of methoxy groups -OCH3 is 1. The number of carbonyl (C=O) groups excluding carboxylic acids is 1. The first-order chi connectivity index (χ1) is 21.6. The molecule has 45 heavy (non-hydrogen) atoms. The minimum absolute atomic E-state index is 0.0434. The Labute approximate surface area is 267 Å². The summed E-state index contributed by atoms with van der Waals surface area (Å²) in [4.78, 5) is 23.1. The molecule has 0 spiro atoms. The van der Waals surface area contributed by atoms with E-state index < -0.39 is 6.36 Å². The number of aryl methyl sites for hydroxylation is 2. The second-order valence-corrected chi connectivity index (χ2v) is 11.3. The van der Waals surface area contributed by atoms with Crippen LogP contribution in [-0.2, 0) is 11.2 Å². The van der Waals surface area contributed by atoms with Gasteiger partial charge in [-0.3, -0.25) is 9.69 Å². The first-order valence-corrected chi connectivity index (χ1v) is 15.3. The standard InChI is InChI=1S/C31H29F3N6O3S2/c1-20-17-25(42-2)14-15-26(20)40-27(41)18-45-30(40)37-29(44)35-16-4-3-5-21-6-8-22(9-7-21)28-36-19-39(38-28)23-10-12-24(13-11-23)43-31(32,33)34/h6-15,17,19H,3-5,16,18H2,1-2H3,(H,35,44)/b37-30-. The van der Waals surface area contributed by atoms with Crippen molar-refractivity contribution in [2.75, 3.05) is 24.3 Å². The van der Waals surface area contributed by atoms with E-state index in [1.807, 2.05) is 49.4 Å². The SMILES string of the molecule is COc1ccc(N2C(=O)CS/C2=N\C(=S)NCCCCc2ccc(-c3ncn(-c4ccc(OC(F)(F)F)cc4)n3)cc2)c(C)c1. The lowest BCUT2D eigenvalue weighted by atomic mass is 10.1. The highest BCUT2D eigenvalue weighted by molar-refractivity contribution is 8.15. The average molecular weight is 655 g/mol. The predicted octanol–water partition coefficient (Wildman–Crippen LogP) is 6.48. The van der Waals surface area contributed by atoms with Gasteiger partial charge >= 0.3 is 6.36 Å². The van der Waals surface area contributed by atoms with Gasteiger partial charge in [0, 0.05) is 12.1 Å². The third-order valence-corrected chi connectivity index (χ3v) is 7.97. The number of carbonyl (C=O) groups is 1. The zero-order valence-electron chi connectivity index (χ0n) is 24.4. The fourth-order valence-corrected chi connectivity index (χ4v) is 5.72. The molecule has 5 rings (SSSR count). The summed E-state index contributed by atoms with van der Waals surface area (Å²) in [7, 11) is 1.60. The number of rotatable bonds is 10. The molecule has 1 aliphatic heterocycles. The molecule has 1 N–H and O–H groups in total. The Kier molecular flexibility index (Phi) is 10.0. The van der Waals surface area contributed by atoms with Gasteiger partial charge in [-0.15, -0.1) is 18.3 Å². The van der Waals surface area contributed by atoms with Gasteiger partial charge in [0.15, 0.2) is 16.1 Å². The lowest BCUT2D eigenvalue weighted by Gasteiger charge is -2.19. The van der Waals surface area contributed by atoms with Gasteiger partial charge in [-0.1, -0.05) is 36.0 Å². The Morgan fingerprint density at radius 1 is 1.07 bits per heavy atom. The second-order valence-electron chi connectivity index (χ2n) is 10.0. The van der Waals surface area contributed by atoms with Crippen molar-refractivity contribution < 1.29 is 27.4 Å². The Morgan fingerprint density at radius 2 is 1.80 bits per heavy atom. The molecule has 1 fully saturated rings. The number of thiocarbonyl (C=S) groups is 1. The number of benzene rings is 3. The summed E-state index contributed by atoms with van der Waals surface area (Å²) >= 11 is 6.80. The van der Waals surface area contributed by atoms with Gasteiger partial charge < -0.3 is 14.8 Å². The van der Waals surface area contributed by atoms with Crippen LogP contribution < -0.4 is 19.7 Å². The summed E-state index contributed by atoms with van der Waals surface area (Å²) in [6.07, 6.45) is -0.568. The van der Waals surface area contributed by atoms with E-state index in [2.05, 4.69) is 25.1 Å². The van der Waals surface area contributed by atoms with Gasteiger partial charge in [0.1, 0.15) is 17.8 Å². The number of alkyl halides is 3. The fraction of sp³-hybridized carbons (Fsp3) is 0.258. The molecule has 0 saturated carbocycles. The number of anilines is 1. The first-order valence-electron chi connectivity index (χ1n) is 13.9. The molecule has 1 saturated heterocycles. The van der Waals surface area contributed by atoms with Crippen molar-refractivity contribution in [3.63, 3.8) is 0 Å². The molecule has 3 aromatic carbocycles. The van der Waals surface area contributed by atoms with Crippen molar-refractivity contribution in [2.24, 2.45) is 4.99 Å². The highest BCUT2D eigenvalue weighted by Crippen LogP contribution is 2.31. The first kappa shape index (κ1) is 32.0. The number of aromatic nitrogens is 3. The molecule has 1 aliphatic rings. The molecule has 0 bridgehead atoms. The monoisotopic (exact) mass is 654 g/mol. The number of hydrogen-bond acceptors (Lipinski definition) is 7. The topological polar surface area (TPSA) is 93.9 Å². The van der Waals surface area contributed by atoms with E-state index in [0.717, 1.165) is 47.4 Å². The summed E-state index contributed by atoms with van der Waals surface area (Å²) in [5.41, 5.74) is 4.20. The number of unbranched alkanes of at least 4 members (excludes halogenated alkanes) is 1. The van der Waals surface area contributed by atoms with Crippen molar-refractivity contribution in [3.05, 3.63) is 84.2 Å². The number of aliphatic imine (C=N–C) groups is 1. The lowest BCUT2D eigenvalue weighted by Crippen LogP contribution is -2.32. The second kappa shape index (κ2) is 14.1. The van der Waals surface area contributed by atoms with Crippen LogP contribution in [0.25, 0.3) is 17.1 Å². The molecule has 4 aromatic rings. The molecule has 234 valence electrons. The van der Waals surface area contributed by atoms with Crippen LogP contribution in [0.15, 0.2) is 78.0 Å². The summed E-state index contributed by atoms with van der Waals surface area (Å²) in [6, 6.07) is 18.9. The van der Waals surface area contributed by atoms with Crippen LogP contribution in [0.2, 0.25) is 0 Å². The minimum Gasteiger partial charge on any atom is -0.497 e. The zero-order chi connectivity index (χ0) is 32.0. The number of thioether (sulfide) groups is 1. The van der Waals surface area contributed by atoms with Crippen molar-refractivity contribution in [2.45, 2.75) is 32.5 Å². The van der Waals surface area contributed by atoms with E-state index in [1.165, 1.54) is 47.0 Å². The summed E-state index contributed by atoms with van der Waals surface area (Å²) in [6.45, 7) is 2.57. The largest absolute Gasteiger partial charge is 0.573 e. The molecule has 0 atom stereocenters. The summed E-state index contributed by atoms with van der Waals surface area (Å²) in [5, 5.41) is 8.51. The van der Waals surface area contributed by atoms with Crippen LogP contribution in [0.3, 0.4) is 0 Å². The summed E-state index contributed by atoms with van der Waals surface area (Å²) in [5.74, 6) is 1.18.